The Morgan fingerprint density at radius 1 is 1.39 bits per heavy atom. The van der Waals surface area contributed by atoms with Gasteiger partial charge in [-0.05, 0) is 28.8 Å². The lowest BCUT2D eigenvalue weighted by atomic mass is 9.57. The van der Waals surface area contributed by atoms with Gasteiger partial charge in [0.15, 0.2) is 0 Å². The van der Waals surface area contributed by atoms with Crippen molar-refractivity contribution in [1.29, 1.82) is 0 Å². The third-order valence-electron chi connectivity index (χ3n) is 5.38. The van der Waals surface area contributed by atoms with E-state index in [1.807, 2.05) is 18.2 Å². The number of methoxy groups -OCH3 is 2. The molecular weight excluding hydrogens is 296 g/mol. The van der Waals surface area contributed by atoms with Gasteiger partial charge in [0.1, 0.15) is 18.1 Å². The topological polar surface area (TPSA) is 54.0 Å². The normalized spacial score (nSPS) is 34.0. The number of fused-ring (bicyclic) bond motifs is 2. The second kappa shape index (κ2) is 5.35. The number of benzene rings is 1. The lowest BCUT2D eigenvalue weighted by Crippen LogP contribution is -2.60. The largest absolute Gasteiger partial charge is 0.497 e. The van der Waals surface area contributed by atoms with E-state index < -0.39 is 5.41 Å². The predicted molar refractivity (Wildman–Crippen MR) is 82.5 cm³/mol. The Bertz CT molecular complexity index is 667. The highest BCUT2D eigenvalue weighted by Crippen LogP contribution is 2.53. The molecule has 1 aliphatic carbocycles. The quantitative estimate of drug-likeness (QED) is 0.790. The first kappa shape index (κ1) is 14.7. The van der Waals surface area contributed by atoms with Crippen molar-refractivity contribution in [1.82, 2.24) is 0 Å². The molecule has 4 rings (SSSR count). The highest BCUT2D eigenvalue weighted by atomic mass is 16.5. The van der Waals surface area contributed by atoms with Crippen LogP contribution < -0.4 is 4.74 Å². The second-order valence-corrected chi connectivity index (χ2v) is 6.38. The molecule has 0 bridgehead atoms. The molecule has 1 saturated heterocycles. The van der Waals surface area contributed by atoms with Gasteiger partial charge in [0.2, 0.25) is 0 Å². The fraction of sp³-hybridized carbons (Fsp3) is 0.500. The summed E-state index contributed by atoms with van der Waals surface area (Å²) in [6.45, 7) is 0.857. The van der Waals surface area contributed by atoms with Crippen molar-refractivity contribution in [3.63, 3.8) is 0 Å². The Labute approximate surface area is 135 Å². The molecule has 2 heterocycles. The SMILES string of the molecule is COCC1OCC2=CO[C@H]3Cc4ccc(OC)cc4C1(C=O)[C@@H]23. The summed E-state index contributed by atoms with van der Waals surface area (Å²) in [4.78, 5) is 12.4. The maximum Gasteiger partial charge on any atom is 0.134 e. The highest BCUT2D eigenvalue weighted by molar-refractivity contribution is 5.75. The minimum Gasteiger partial charge on any atom is -0.497 e. The smallest absolute Gasteiger partial charge is 0.134 e. The fourth-order valence-electron chi connectivity index (χ4n) is 4.38. The third kappa shape index (κ3) is 1.90. The van der Waals surface area contributed by atoms with Crippen molar-refractivity contribution in [2.45, 2.75) is 24.0 Å². The monoisotopic (exact) mass is 316 g/mol. The number of ether oxygens (including phenoxy) is 4. The van der Waals surface area contributed by atoms with Crippen LogP contribution in [0.5, 0.6) is 5.75 Å². The first-order valence-electron chi connectivity index (χ1n) is 7.83. The van der Waals surface area contributed by atoms with Crippen molar-refractivity contribution in [3.05, 3.63) is 41.2 Å². The molecule has 0 spiro atoms. The third-order valence-corrected chi connectivity index (χ3v) is 5.38. The molecule has 5 heteroatoms. The Morgan fingerprint density at radius 3 is 3.00 bits per heavy atom. The van der Waals surface area contributed by atoms with Gasteiger partial charge in [-0.15, -0.1) is 0 Å². The molecule has 1 aromatic carbocycles. The molecule has 2 unspecified atom stereocenters. The van der Waals surface area contributed by atoms with E-state index in [4.69, 9.17) is 18.9 Å². The van der Waals surface area contributed by atoms with E-state index in [1.54, 1.807) is 20.5 Å². The van der Waals surface area contributed by atoms with Gasteiger partial charge in [0.25, 0.3) is 0 Å². The molecule has 2 aliphatic heterocycles. The lowest BCUT2D eigenvalue weighted by molar-refractivity contribution is -0.135. The van der Waals surface area contributed by atoms with Crippen LogP contribution in [-0.2, 0) is 30.8 Å². The first-order chi connectivity index (χ1) is 11.2. The van der Waals surface area contributed by atoms with E-state index in [2.05, 4.69) is 0 Å². The van der Waals surface area contributed by atoms with Gasteiger partial charge in [0, 0.05) is 19.4 Å². The number of rotatable bonds is 4. The molecule has 1 fully saturated rings. The Kier molecular flexibility index (Phi) is 3.43. The van der Waals surface area contributed by atoms with Crippen LogP contribution in [0.1, 0.15) is 11.1 Å². The summed E-state index contributed by atoms with van der Waals surface area (Å²) in [5.74, 6) is 0.753. The standard InChI is InChI=1S/C18H20O5/c1-20-9-16-18(10-19)14-6-13(21-2)4-3-11(14)5-15-17(18)12(7-22-15)8-23-16/h3-4,6-7,10,15-17H,5,8-9H2,1-2H3/t15-,16?,17-,18?/m0/s1. The summed E-state index contributed by atoms with van der Waals surface area (Å²) in [5.41, 5.74) is 2.36. The minimum absolute atomic E-state index is 0.00788. The maximum absolute atomic E-state index is 12.4. The van der Waals surface area contributed by atoms with Gasteiger partial charge in [-0.2, -0.15) is 0 Å². The lowest BCUT2D eigenvalue weighted by Gasteiger charge is -2.50. The van der Waals surface area contributed by atoms with E-state index in [1.165, 1.54) is 0 Å². The Morgan fingerprint density at radius 2 is 2.26 bits per heavy atom. The van der Waals surface area contributed by atoms with Gasteiger partial charge in [0.05, 0.1) is 38.1 Å². The summed E-state index contributed by atoms with van der Waals surface area (Å²) in [6, 6.07) is 5.92. The van der Waals surface area contributed by atoms with E-state index in [0.29, 0.717) is 13.2 Å². The summed E-state index contributed by atoms with van der Waals surface area (Å²) < 4.78 is 22.6. The van der Waals surface area contributed by atoms with Crippen LogP contribution in [-0.4, -0.2) is 45.9 Å². The number of hydrogen-bond donors (Lipinski definition) is 0. The summed E-state index contributed by atoms with van der Waals surface area (Å²) in [7, 11) is 3.26. The van der Waals surface area contributed by atoms with E-state index in [9.17, 15) is 4.79 Å². The zero-order valence-corrected chi connectivity index (χ0v) is 13.3. The molecule has 0 amide bonds. The molecule has 23 heavy (non-hydrogen) atoms. The molecule has 5 nitrogen and oxygen atoms in total. The van der Waals surface area contributed by atoms with Crippen molar-refractivity contribution in [2.24, 2.45) is 5.92 Å². The molecule has 4 atom stereocenters. The molecular formula is C18H20O5. The van der Waals surface area contributed by atoms with Crippen LogP contribution in [0.2, 0.25) is 0 Å². The molecule has 0 N–H and O–H groups in total. The maximum atomic E-state index is 12.4. The number of carbonyl (C=O) groups is 1. The fourth-order valence-corrected chi connectivity index (χ4v) is 4.38. The molecule has 0 radical (unpaired) electrons. The van der Waals surface area contributed by atoms with Crippen molar-refractivity contribution < 1.29 is 23.7 Å². The zero-order chi connectivity index (χ0) is 16.0. The van der Waals surface area contributed by atoms with Gasteiger partial charge >= 0.3 is 0 Å². The first-order valence-corrected chi connectivity index (χ1v) is 7.83. The molecule has 3 aliphatic rings. The van der Waals surface area contributed by atoms with Gasteiger partial charge in [-0.25, -0.2) is 0 Å². The van der Waals surface area contributed by atoms with Crippen LogP contribution in [0.3, 0.4) is 0 Å². The number of carbonyl (C=O) groups excluding carboxylic acids is 1. The minimum atomic E-state index is -0.788. The molecule has 1 aromatic rings. The van der Waals surface area contributed by atoms with Crippen LogP contribution >= 0.6 is 0 Å². The van der Waals surface area contributed by atoms with Crippen LogP contribution in [0.25, 0.3) is 0 Å². The van der Waals surface area contributed by atoms with Crippen LogP contribution in [0.4, 0.5) is 0 Å². The summed E-state index contributed by atoms with van der Waals surface area (Å²) >= 11 is 0. The van der Waals surface area contributed by atoms with Crippen molar-refractivity contribution in [2.75, 3.05) is 27.4 Å². The van der Waals surface area contributed by atoms with Crippen LogP contribution in [0, 0.1) is 5.92 Å². The van der Waals surface area contributed by atoms with Crippen LogP contribution in [0.15, 0.2) is 30.0 Å². The van der Waals surface area contributed by atoms with Gasteiger partial charge < -0.3 is 23.7 Å². The zero-order valence-electron chi connectivity index (χ0n) is 13.3. The molecule has 122 valence electrons. The molecule has 0 saturated carbocycles. The Balaban J connectivity index is 1.93. The average molecular weight is 316 g/mol. The van der Waals surface area contributed by atoms with E-state index in [-0.39, 0.29) is 18.1 Å². The summed E-state index contributed by atoms with van der Waals surface area (Å²) in [5, 5.41) is 0. The second-order valence-electron chi connectivity index (χ2n) is 6.38. The average Bonchev–Trinajstić information content (AvgIpc) is 3.00. The Hall–Kier alpha value is -1.85. The number of aldehydes is 1. The number of hydrogen-bond acceptors (Lipinski definition) is 5. The van der Waals surface area contributed by atoms with E-state index in [0.717, 1.165) is 35.2 Å². The van der Waals surface area contributed by atoms with E-state index >= 15 is 0 Å². The van der Waals surface area contributed by atoms with Crippen molar-refractivity contribution >= 4 is 6.29 Å². The van der Waals surface area contributed by atoms with Gasteiger partial charge in [-0.3, -0.25) is 0 Å². The van der Waals surface area contributed by atoms with Gasteiger partial charge in [-0.1, -0.05) is 6.07 Å². The van der Waals surface area contributed by atoms with Crippen molar-refractivity contribution in [3.8, 4) is 5.75 Å². The highest BCUT2D eigenvalue weighted by Gasteiger charge is 2.60. The summed E-state index contributed by atoms with van der Waals surface area (Å²) in [6.07, 6.45) is 3.26. The predicted octanol–water partition coefficient (Wildman–Crippen LogP) is 1.63. The molecule has 0 aromatic heterocycles.